The first-order chi connectivity index (χ1) is 11.2. The van der Waals surface area contributed by atoms with Crippen molar-refractivity contribution in [2.24, 2.45) is 5.92 Å². The van der Waals surface area contributed by atoms with Crippen molar-refractivity contribution in [1.29, 1.82) is 0 Å². The molecule has 2 fully saturated rings. The molecule has 2 saturated heterocycles. The highest BCUT2D eigenvalue weighted by Crippen LogP contribution is 2.20. The normalized spacial score (nSPS) is 20.2. The van der Waals surface area contributed by atoms with E-state index in [2.05, 4.69) is 27.7 Å². The van der Waals surface area contributed by atoms with Crippen LogP contribution >= 0.6 is 11.3 Å². The smallest absolute Gasteiger partial charge is 0.239 e. The molecule has 5 nitrogen and oxygen atoms in total. The average Bonchev–Trinajstić information content (AvgIpc) is 3.19. The molecule has 1 N–H and O–H groups in total. The third-order valence-electron chi connectivity index (χ3n) is 4.76. The highest BCUT2D eigenvalue weighted by molar-refractivity contribution is 7.09. The van der Waals surface area contributed by atoms with Crippen molar-refractivity contribution in [3.8, 4) is 0 Å². The molecule has 3 rings (SSSR count). The highest BCUT2D eigenvalue weighted by Gasteiger charge is 2.23. The summed E-state index contributed by atoms with van der Waals surface area (Å²) in [6.07, 6.45) is 3.74. The molecule has 0 atom stereocenters. The first kappa shape index (κ1) is 16.5. The molecule has 6 heteroatoms. The zero-order chi connectivity index (χ0) is 16.1. The number of nitrogens with one attached hydrogen (secondary N) is 1. The van der Waals surface area contributed by atoms with E-state index in [1.807, 2.05) is 11.3 Å². The van der Waals surface area contributed by atoms with E-state index >= 15 is 0 Å². The number of thiophene rings is 1. The number of likely N-dealkylation sites (tertiary alicyclic amines) is 2. The summed E-state index contributed by atoms with van der Waals surface area (Å²) >= 11 is 1.82. The van der Waals surface area contributed by atoms with E-state index in [-0.39, 0.29) is 18.4 Å². The Morgan fingerprint density at radius 2 is 2.13 bits per heavy atom. The molecule has 0 aromatic carbocycles. The van der Waals surface area contributed by atoms with Crippen LogP contribution in [0.4, 0.5) is 0 Å². The second-order valence-corrected chi connectivity index (χ2v) is 7.55. The van der Waals surface area contributed by atoms with Crippen molar-refractivity contribution in [3.63, 3.8) is 0 Å². The van der Waals surface area contributed by atoms with Crippen molar-refractivity contribution < 1.29 is 9.59 Å². The molecular weight excluding hydrogens is 310 g/mol. The molecule has 0 saturated carbocycles. The minimum absolute atomic E-state index is 0.0127. The summed E-state index contributed by atoms with van der Waals surface area (Å²) in [7, 11) is 0. The number of amides is 2. The van der Waals surface area contributed by atoms with E-state index < -0.39 is 0 Å². The number of carbonyl (C=O) groups is 2. The summed E-state index contributed by atoms with van der Waals surface area (Å²) in [5.74, 6) is 0.663. The summed E-state index contributed by atoms with van der Waals surface area (Å²) in [6.45, 7) is 4.96. The molecule has 0 bridgehead atoms. The molecule has 126 valence electrons. The van der Waals surface area contributed by atoms with Gasteiger partial charge in [-0.2, -0.15) is 0 Å². The van der Waals surface area contributed by atoms with Gasteiger partial charge in [0.15, 0.2) is 0 Å². The van der Waals surface area contributed by atoms with Gasteiger partial charge in [-0.1, -0.05) is 6.07 Å². The van der Waals surface area contributed by atoms with Gasteiger partial charge in [0.25, 0.3) is 0 Å². The van der Waals surface area contributed by atoms with Gasteiger partial charge in [-0.05, 0) is 49.7 Å². The van der Waals surface area contributed by atoms with E-state index in [1.54, 1.807) is 4.90 Å². The number of hydrogen-bond acceptors (Lipinski definition) is 4. The fourth-order valence-electron chi connectivity index (χ4n) is 3.33. The van der Waals surface area contributed by atoms with Crippen molar-refractivity contribution in [2.45, 2.75) is 32.2 Å². The lowest BCUT2D eigenvalue weighted by atomic mass is 9.97. The van der Waals surface area contributed by atoms with Crippen LogP contribution in [-0.4, -0.2) is 54.3 Å². The van der Waals surface area contributed by atoms with E-state index in [0.717, 1.165) is 52.0 Å². The summed E-state index contributed by atoms with van der Waals surface area (Å²) in [5, 5.41) is 5.14. The Balaban J connectivity index is 1.32. The highest BCUT2D eigenvalue weighted by atomic mass is 32.1. The molecule has 1 aromatic rings. The molecule has 2 aliphatic heterocycles. The van der Waals surface area contributed by atoms with Gasteiger partial charge in [0.1, 0.15) is 0 Å². The van der Waals surface area contributed by atoms with Crippen molar-refractivity contribution in [3.05, 3.63) is 22.4 Å². The van der Waals surface area contributed by atoms with Crippen molar-refractivity contribution >= 4 is 23.2 Å². The molecule has 2 aliphatic rings. The zero-order valence-electron chi connectivity index (χ0n) is 13.5. The first-order valence-electron chi connectivity index (χ1n) is 8.50. The number of rotatable bonds is 6. The Bertz CT molecular complexity index is 524. The second-order valence-electron chi connectivity index (χ2n) is 6.52. The van der Waals surface area contributed by atoms with Crippen molar-refractivity contribution in [1.82, 2.24) is 15.1 Å². The van der Waals surface area contributed by atoms with Gasteiger partial charge in [-0.3, -0.25) is 14.5 Å². The number of carbonyl (C=O) groups excluding carboxylic acids is 2. The second kappa shape index (κ2) is 7.93. The van der Waals surface area contributed by atoms with Crippen LogP contribution in [0.15, 0.2) is 17.5 Å². The Morgan fingerprint density at radius 1 is 1.30 bits per heavy atom. The van der Waals surface area contributed by atoms with Crippen molar-refractivity contribution in [2.75, 3.05) is 32.7 Å². The molecule has 0 spiro atoms. The van der Waals surface area contributed by atoms with Crippen LogP contribution in [0.1, 0.15) is 30.6 Å². The van der Waals surface area contributed by atoms with Crippen LogP contribution in [0.25, 0.3) is 0 Å². The van der Waals surface area contributed by atoms with E-state index in [4.69, 9.17) is 0 Å². The molecule has 0 aliphatic carbocycles. The van der Waals surface area contributed by atoms with E-state index in [9.17, 15) is 9.59 Å². The number of nitrogens with zero attached hydrogens (tertiary/aromatic N) is 2. The van der Waals surface area contributed by atoms with Crippen LogP contribution in [-0.2, 0) is 16.1 Å². The summed E-state index contributed by atoms with van der Waals surface area (Å²) < 4.78 is 0. The van der Waals surface area contributed by atoms with E-state index in [0.29, 0.717) is 12.3 Å². The number of hydrogen-bond donors (Lipinski definition) is 1. The third-order valence-corrected chi connectivity index (χ3v) is 5.62. The minimum atomic E-state index is -0.0127. The van der Waals surface area contributed by atoms with Crippen LogP contribution in [0, 0.1) is 5.92 Å². The summed E-state index contributed by atoms with van der Waals surface area (Å²) in [5.41, 5.74) is 0. The monoisotopic (exact) mass is 335 g/mol. The number of piperidine rings is 1. The summed E-state index contributed by atoms with van der Waals surface area (Å²) in [6, 6.07) is 4.30. The lowest BCUT2D eigenvalue weighted by Crippen LogP contribution is -2.42. The van der Waals surface area contributed by atoms with Crippen LogP contribution in [0.5, 0.6) is 0 Å². The fourth-order valence-corrected chi connectivity index (χ4v) is 4.08. The predicted octanol–water partition coefficient (Wildman–Crippen LogP) is 1.70. The molecule has 3 heterocycles. The molecule has 0 unspecified atom stereocenters. The molecule has 0 radical (unpaired) electrons. The van der Waals surface area contributed by atoms with Gasteiger partial charge in [0.05, 0.1) is 6.54 Å². The van der Waals surface area contributed by atoms with Crippen LogP contribution in [0.3, 0.4) is 0 Å². The molecule has 2 amide bonds. The third kappa shape index (κ3) is 4.78. The maximum atomic E-state index is 11.9. The lowest BCUT2D eigenvalue weighted by Gasteiger charge is -2.31. The molecule has 23 heavy (non-hydrogen) atoms. The zero-order valence-corrected chi connectivity index (χ0v) is 14.3. The first-order valence-corrected chi connectivity index (χ1v) is 9.38. The van der Waals surface area contributed by atoms with Crippen LogP contribution in [0.2, 0.25) is 0 Å². The lowest BCUT2D eigenvalue weighted by molar-refractivity contribution is -0.133. The minimum Gasteiger partial charge on any atom is -0.354 e. The van der Waals surface area contributed by atoms with Gasteiger partial charge in [0, 0.05) is 30.9 Å². The Labute approximate surface area is 141 Å². The quantitative estimate of drug-likeness (QED) is 0.861. The van der Waals surface area contributed by atoms with Gasteiger partial charge >= 0.3 is 0 Å². The van der Waals surface area contributed by atoms with Gasteiger partial charge in [0.2, 0.25) is 11.8 Å². The van der Waals surface area contributed by atoms with E-state index in [1.165, 1.54) is 4.88 Å². The Kier molecular flexibility index (Phi) is 5.67. The maximum absolute atomic E-state index is 11.9. The predicted molar refractivity (Wildman–Crippen MR) is 91.1 cm³/mol. The fraction of sp³-hybridized carbons (Fsp3) is 0.647. The SMILES string of the molecule is O=C(CN1CCCC1=O)NCC1CCN(Cc2cccs2)CC1. The standard InChI is InChI=1S/C17H25N3O2S/c21-16(13-20-7-1-4-17(20)22)18-11-14-5-8-19(9-6-14)12-15-3-2-10-23-15/h2-3,10,14H,1,4-9,11-13H2,(H,18,21). The van der Waals surface area contributed by atoms with Gasteiger partial charge in [-0.15, -0.1) is 11.3 Å². The molecular formula is C17H25N3O2S. The van der Waals surface area contributed by atoms with Gasteiger partial charge < -0.3 is 10.2 Å². The van der Waals surface area contributed by atoms with Crippen LogP contribution < -0.4 is 5.32 Å². The summed E-state index contributed by atoms with van der Waals surface area (Å²) in [4.78, 5) is 29.1. The molecule has 1 aromatic heterocycles. The topological polar surface area (TPSA) is 52.7 Å². The van der Waals surface area contributed by atoms with Gasteiger partial charge in [-0.25, -0.2) is 0 Å². The average molecular weight is 335 g/mol. The maximum Gasteiger partial charge on any atom is 0.239 e. The Hall–Kier alpha value is -1.40. The Morgan fingerprint density at radius 3 is 2.78 bits per heavy atom. The largest absolute Gasteiger partial charge is 0.354 e.